The molecule has 162 valence electrons. The molecule has 0 aromatic heterocycles. The van der Waals surface area contributed by atoms with Gasteiger partial charge in [-0.15, -0.1) is 0 Å². The molecule has 0 spiro atoms. The Kier molecular flexibility index (Phi) is 6.77. The van der Waals surface area contributed by atoms with Gasteiger partial charge in [-0.25, -0.2) is 9.59 Å². The predicted molar refractivity (Wildman–Crippen MR) is 109 cm³/mol. The van der Waals surface area contributed by atoms with E-state index in [4.69, 9.17) is 9.47 Å². The van der Waals surface area contributed by atoms with Gasteiger partial charge in [-0.1, -0.05) is 37.5 Å². The first kappa shape index (κ1) is 21.8. The molecule has 8 heteroatoms. The van der Waals surface area contributed by atoms with Crippen molar-refractivity contribution in [3.05, 3.63) is 48.7 Å². The maximum Gasteiger partial charge on any atom is 0.410 e. The van der Waals surface area contributed by atoms with Gasteiger partial charge in [0.1, 0.15) is 18.9 Å². The molecule has 30 heavy (non-hydrogen) atoms. The van der Waals surface area contributed by atoms with Crippen molar-refractivity contribution in [1.29, 1.82) is 0 Å². The summed E-state index contributed by atoms with van der Waals surface area (Å²) in [5.74, 6) is -1.41. The number of esters is 1. The van der Waals surface area contributed by atoms with Crippen molar-refractivity contribution in [3.63, 3.8) is 0 Å². The highest BCUT2D eigenvalue weighted by Gasteiger charge is 2.56. The Balaban J connectivity index is 1.80. The van der Waals surface area contributed by atoms with Crippen molar-refractivity contribution in [2.75, 3.05) is 19.8 Å². The number of carbonyl (C=O) groups excluding carboxylic acids is 3. The van der Waals surface area contributed by atoms with E-state index in [0.717, 1.165) is 12.8 Å². The summed E-state index contributed by atoms with van der Waals surface area (Å²) in [5.41, 5.74) is 0.871. The molecule has 3 heterocycles. The monoisotopic (exact) mass is 416 g/mol. The number of β-lactam (4-membered cyclic amide) rings is 1. The fourth-order valence-corrected chi connectivity index (χ4v) is 4.30. The second-order valence-electron chi connectivity index (χ2n) is 7.63. The fraction of sp³-hybridized carbons (Fsp3) is 0.500. The van der Waals surface area contributed by atoms with E-state index < -0.39 is 24.1 Å². The molecule has 3 aliphatic heterocycles. The highest BCUT2D eigenvalue weighted by molar-refractivity contribution is 6.01. The number of allylic oxidation sites excluding steroid dienone is 1. The molecule has 0 aromatic rings. The third kappa shape index (κ3) is 4.05. The van der Waals surface area contributed by atoms with Crippen LogP contribution >= 0.6 is 0 Å². The topological polar surface area (TPSA) is 96.4 Å². The summed E-state index contributed by atoms with van der Waals surface area (Å²) in [4.78, 5) is 40.4. The number of ether oxygens (including phenoxy) is 2. The van der Waals surface area contributed by atoms with Crippen molar-refractivity contribution >= 4 is 18.0 Å². The van der Waals surface area contributed by atoms with Crippen molar-refractivity contribution < 1.29 is 29.0 Å². The number of hydrogen-bond donors (Lipinski definition) is 1. The van der Waals surface area contributed by atoms with Crippen LogP contribution in [-0.2, 0) is 19.1 Å². The molecule has 4 atom stereocenters. The SMILES string of the molecule is C=CCOC(=O)C1=C(/C=C/[C@@H]2CCCN2C(=O)OCC=C)C[C@@H]2[C@@H]([C@@H](C)O)C(=O)N12. The fourth-order valence-electron chi connectivity index (χ4n) is 4.30. The van der Waals surface area contributed by atoms with Gasteiger partial charge in [-0.2, -0.15) is 0 Å². The molecule has 0 aliphatic carbocycles. The third-order valence-electron chi connectivity index (χ3n) is 5.67. The van der Waals surface area contributed by atoms with Crippen LogP contribution in [0.4, 0.5) is 4.79 Å². The summed E-state index contributed by atoms with van der Waals surface area (Å²) >= 11 is 0. The van der Waals surface area contributed by atoms with Crippen LogP contribution in [-0.4, -0.2) is 70.8 Å². The second kappa shape index (κ2) is 9.30. The quantitative estimate of drug-likeness (QED) is 0.369. The van der Waals surface area contributed by atoms with E-state index in [2.05, 4.69) is 13.2 Å². The zero-order chi connectivity index (χ0) is 21.8. The summed E-state index contributed by atoms with van der Waals surface area (Å²) < 4.78 is 10.3. The number of likely N-dealkylation sites (tertiary alicyclic amines) is 1. The summed E-state index contributed by atoms with van der Waals surface area (Å²) in [6.07, 6.45) is 7.52. The zero-order valence-corrected chi connectivity index (χ0v) is 17.2. The summed E-state index contributed by atoms with van der Waals surface area (Å²) in [6, 6.07) is -0.419. The van der Waals surface area contributed by atoms with Gasteiger partial charge in [0.05, 0.1) is 24.1 Å². The van der Waals surface area contributed by atoms with Gasteiger partial charge in [0.15, 0.2) is 0 Å². The lowest BCUT2D eigenvalue weighted by Crippen LogP contribution is -2.61. The van der Waals surface area contributed by atoms with E-state index in [-0.39, 0.29) is 36.9 Å². The average Bonchev–Trinajstić information content (AvgIpc) is 3.30. The number of amides is 2. The van der Waals surface area contributed by atoms with E-state index in [1.54, 1.807) is 17.9 Å². The summed E-state index contributed by atoms with van der Waals surface area (Å²) in [6.45, 7) is 9.44. The lowest BCUT2D eigenvalue weighted by Gasteiger charge is -2.44. The van der Waals surface area contributed by atoms with E-state index in [9.17, 15) is 19.5 Å². The lowest BCUT2D eigenvalue weighted by atomic mass is 9.83. The van der Waals surface area contributed by atoms with Crippen LogP contribution < -0.4 is 0 Å². The highest BCUT2D eigenvalue weighted by Crippen LogP contribution is 2.44. The predicted octanol–water partition coefficient (Wildman–Crippen LogP) is 1.92. The summed E-state index contributed by atoms with van der Waals surface area (Å²) in [5, 5.41) is 9.93. The zero-order valence-electron chi connectivity index (χ0n) is 17.2. The number of fused-ring (bicyclic) bond motifs is 1. The minimum absolute atomic E-state index is 0.0391. The molecule has 2 fully saturated rings. The van der Waals surface area contributed by atoms with Gasteiger partial charge in [0.25, 0.3) is 0 Å². The van der Waals surface area contributed by atoms with Crippen LogP contribution in [0.25, 0.3) is 0 Å². The van der Waals surface area contributed by atoms with Crippen LogP contribution in [0.3, 0.4) is 0 Å². The molecule has 3 aliphatic rings. The number of carbonyl (C=O) groups is 3. The molecular weight excluding hydrogens is 388 g/mol. The number of rotatable bonds is 8. The number of hydrogen-bond acceptors (Lipinski definition) is 6. The minimum atomic E-state index is -0.794. The van der Waals surface area contributed by atoms with Gasteiger partial charge in [0, 0.05) is 6.54 Å². The van der Waals surface area contributed by atoms with Crippen LogP contribution in [0.5, 0.6) is 0 Å². The largest absolute Gasteiger partial charge is 0.457 e. The molecule has 1 N–H and O–H groups in total. The lowest BCUT2D eigenvalue weighted by molar-refractivity contribution is -0.162. The Labute approximate surface area is 176 Å². The van der Waals surface area contributed by atoms with Crippen molar-refractivity contribution in [1.82, 2.24) is 9.80 Å². The molecule has 0 radical (unpaired) electrons. The highest BCUT2D eigenvalue weighted by atomic mass is 16.6. The maximum absolute atomic E-state index is 12.6. The van der Waals surface area contributed by atoms with Crippen molar-refractivity contribution in [2.45, 2.75) is 44.4 Å². The van der Waals surface area contributed by atoms with Gasteiger partial charge in [-0.3, -0.25) is 4.79 Å². The number of aliphatic hydroxyl groups excluding tert-OH is 1. The molecule has 8 nitrogen and oxygen atoms in total. The molecule has 0 bridgehead atoms. The van der Waals surface area contributed by atoms with Crippen LogP contribution in [0.2, 0.25) is 0 Å². The Morgan fingerprint density at radius 3 is 2.63 bits per heavy atom. The molecule has 0 saturated carbocycles. The molecule has 3 rings (SSSR count). The first-order valence-corrected chi connectivity index (χ1v) is 10.2. The van der Waals surface area contributed by atoms with E-state index >= 15 is 0 Å². The first-order chi connectivity index (χ1) is 14.4. The molecule has 0 aromatic carbocycles. The molecule has 2 amide bonds. The van der Waals surface area contributed by atoms with Gasteiger partial charge in [-0.05, 0) is 31.8 Å². The van der Waals surface area contributed by atoms with Crippen LogP contribution in [0, 0.1) is 5.92 Å². The van der Waals surface area contributed by atoms with Gasteiger partial charge < -0.3 is 24.4 Å². The third-order valence-corrected chi connectivity index (χ3v) is 5.67. The van der Waals surface area contributed by atoms with E-state index in [0.29, 0.717) is 18.5 Å². The minimum Gasteiger partial charge on any atom is -0.457 e. The maximum atomic E-state index is 12.6. The Hall–Kier alpha value is -2.87. The summed E-state index contributed by atoms with van der Waals surface area (Å²) in [7, 11) is 0. The molecule has 0 unspecified atom stereocenters. The number of nitrogens with zero attached hydrogens (tertiary/aromatic N) is 2. The standard InChI is InChI=1S/C22H28N2O6/c1-4-11-29-21(27)19-15(13-17-18(14(3)25)20(26)24(17)19)8-9-16-7-6-10-23(16)22(28)30-12-5-2/h4-5,8-9,14,16-18,25H,1-2,6-7,10-13H2,3H3/b9-8+/t14-,16+,17-,18-/m1/s1. The van der Waals surface area contributed by atoms with E-state index in [1.807, 2.05) is 6.08 Å². The first-order valence-electron chi connectivity index (χ1n) is 10.2. The van der Waals surface area contributed by atoms with E-state index in [1.165, 1.54) is 17.1 Å². The van der Waals surface area contributed by atoms with Crippen LogP contribution in [0.15, 0.2) is 48.7 Å². The van der Waals surface area contributed by atoms with Crippen molar-refractivity contribution in [3.8, 4) is 0 Å². The van der Waals surface area contributed by atoms with Gasteiger partial charge >= 0.3 is 12.1 Å². The van der Waals surface area contributed by atoms with Crippen molar-refractivity contribution in [2.24, 2.45) is 5.92 Å². The van der Waals surface area contributed by atoms with Crippen LogP contribution in [0.1, 0.15) is 26.2 Å². The Morgan fingerprint density at radius 2 is 1.97 bits per heavy atom. The van der Waals surface area contributed by atoms with Gasteiger partial charge in [0.2, 0.25) is 5.91 Å². The second-order valence-corrected chi connectivity index (χ2v) is 7.63. The Bertz CT molecular complexity index is 799. The normalized spacial score (nSPS) is 26.5. The Morgan fingerprint density at radius 1 is 1.27 bits per heavy atom. The smallest absolute Gasteiger partial charge is 0.410 e. The molecular formula is C22H28N2O6. The number of aliphatic hydroxyl groups is 1. The average molecular weight is 416 g/mol. The molecule has 2 saturated heterocycles.